The molecular formula is C15H24BrN. The molecule has 0 bridgehead atoms. The van der Waals surface area contributed by atoms with Crippen molar-refractivity contribution in [3.05, 3.63) is 33.8 Å². The summed E-state index contributed by atoms with van der Waals surface area (Å²) < 4.78 is 1.20. The molecule has 1 nitrogen and oxygen atoms in total. The van der Waals surface area contributed by atoms with Crippen LogP contribution in [0.3, 0.4) is 0 Å². The highest BCUT2D eigenvalue weighted by atomic mass is 79.9. The maximum Gasteiger partial charge on any atom is 0.0222 e. The van der Waals surface area contributed by atoms with Crippen molar-refractivity contribution >= 4 is 15.9 Å². The number of halogens is 1. The Hall–Kier alpha value is -0.340. The maximum absolute atomic E-state index is 3.62. The predicted molar refractivity (Wildman–Crippen MR) is 79.2 cm³/mol. The Balaban J connectivity index is 2.51. The van der Waals surface area contributed by atoms with Gasteiger partial charge in [0.1, 0.15) is 0 Å². The molecule has 0 unspecified atom stereocenters. The van der Waals surface area contributed by atoms with Crippen molar-refractivity contribution < 1.29 is 0 Å². The van der Waals surface area contributed by atoms with E-state index in [2.05, 4.69) is 74.1 Å². The minimum atomic E-state index is 0.344. The summed E-state index contributed by atoms with van der Waals surface area (Å²) in [6.45, 7) is 13.3. The van der Waals surface area contributed by atoms with Crippen LogP contribution in [-0.2, 0) is 6.54 Å². The molecule has 0 aromatic heterocycles. The lowest BCUT2D eigenvalue weighted by Crippen LogP contribution is -2.33. The van der Waals surface area contributed by atoms with Gasteiger partial charge in [0, 0.05) is 17.6 Å². The van der Waals surface area contributed by atoms with Gasteiger partial charge in [-0.1, -0.05) is 55.8 Å². The molecule has 0 spiro atoms. The first-order chi connectivity index (χ1) is 7.83. The van der Waals surface area contributed by atoms with Crippen molar-refractivity contribution in [2.24, 2.45) is 11.3 Å². The fraction of sp³-hybridized carbons (Fsp3) is 0.600. The molecule has 17 heavy (non-hydrogen) atoms. The van der Waals surface area contributed by atoms with Crippen molar-refractivity contribution in [3.8, 4) is 0 Å². The molecule has 0 amide bonds. The zero-order chi connectivity index (χ0) is 13.1. The first kappa shape index (κ1) is 14.7. The van der Waals surface area contributed by atoms with Crippen molar-refractivity contribution in [3.63, 3.8) is 0 Å². The van der Waals surface area contributed by atoms with E-state index in [0.717, 1.165) is 13.1 Å². The molecule has 0 saturated heterocycles. The minimum Gasteiger partial charge on any atom is -0.312 e. The minimum absolute atomic E-state index is 0.344. The standard InChI is InChI=1S/C15H24BrN/c1-11(2)15(4,5)10-17-9-13-7-6-12(3)8-14(13)16/h6-8,11,17H,9-10H2,1-5H3. The molecule has 96 valence electrons. The molecule has 1 N–H and O–H groups in total. The van der Waals surface area contributed by atoms with Gasteiger partial charge in [-0.3, -0.25) is 0 Å². The normalized spacial score (nSPS) is 12.2. The van der Waals surface area contributed by atoms with Crippen molar-refractivity contribution in [1.29, 1.82) is 0 Å². The van der Waals surface area contributed by atoms with Gasteiger partial charge in [0.2, 0.25) is 0 Å². The van der Waals surface area contributed by atoms with E-state index in [9.17, 15) is 0 Å². The Morgan fingerprint density at radius 3 is 2.47 bits per heavy atom. The summed E-state index contributed by atoms with van der Waals surface area (Å²) in [5, 5.41) is 3.55. The highest BCUT2D eigenvalue weighted by Crippen LogP contribution is 2.25. The number of aryl methyl sites for hydroxylation is 1. The maximum atomic E-state index is 3.62. The quantitative estimate of drug-likeness (QED) is 0.842. The predicted octanol–water partition coefficient (Wildman–Crippen LogP) is 4.53. The van der Waals surface area contributed by atoms with E-state index in [1.807, 2.05) is 0 Å². The van der Waals surface area contributed by atoms with Gasteiger partial charge in [-0.25, -0.2) is 0 Å². The second-order valence-electron chi connectivity index (χ2n) is 5.84. The SMILES string of the molecule is Cc1ccc(CNCC(C)(C)C(C)C)c(Br)c1. The van der Waals surface area contributed by atoms with Crippen molar-refractivity contribution in [2.45, 2.75) is 41.2 Å². The molecule has 2 heteroatoms. The van der Waals surface area contributed by atoms with Gasteiger partial charge >= 0.3 is 0 Å². The molecule has 0 saturated carbocycles. The van der Waals surface area contributed by atoms with Gasteiger partial charge < -0.3 is 5.32 Å². The molecule has 0 aliphatic heterocycles. The Bertz CT molecular complexity index is 369. The number of rotatable bonds is 5. The third-order valence-electron chi connectivity index (χ3n) is 3.67. The molecule has 0 aliphatic rings. The highest BCUT2D eigenvalue weighted by Gasteiger charge is 2.21. The fourth-order valence-electron chi connectivity index (χ4n) is 1.52. The summed E-state index contributed by atoms with van der Waals surface area (Å²) >= 11 is 3.62. The Kier molecular flexibility index (Phi) is 5.21. The second-order valence-corrected chi connectivity index (χ2v) is 6.70. The van der Waals surface area contributed by atoms with E-state index >= 15 is 0 Å². The number of nitrogens with one attached hydrogen (secondary N) is 1. The van der Waals surface area contributed by atoms with Crippen LogP contribution in [0.15, 0.2) is 22.7 Å². The van der Waals surface area contributed by atoms with Crippen LogP contribution in [0.1, 0.15) is 38.8 Å². The van der Waals surface area contributed by atoms with Gasteiger partial charge in [-0.2, -0.15) is 0 Å². The van der Waals surface area contributed by atoms with Crippen LogP contribution in [0, 0.1) is 18.3 Å². The largest absolute Gasteiger partial charge is 0.312 e. The average molecular weight is 298 g/mol. The van der Waals surface area contributed by atoms with Gasteiger partial charge in [-0.15, -0.1) is 0 Å². The van der Waals surface area contributed by atoms with E-state index in [4.69, 9.17) is 0 Å². The monoisotopic (exact) mass is 297 g/mol. The van der Waals surface area contributed by atoms with Crippen LogP contribution in [0.4, 0.5) is 0 Å². The molecule has 0 atom stereocenters. The van der Waals surface area contributed by atoms with Crippen LogP contribution < -0.4 is 5.32 Å². The topological polar surface area (TPSA) is 12.0 Å². The summed E-state index contributed by atoms with van der Waals surface area (Å²) in [6, 6.07) is 6.52. The number of hydrogen-bond acceptors (Lipinski definition) is 1. The lowest BCUT2D eigenvalue weighted by molar-refractivity contribution is 0.238. The van der Waals surface area contributed by atoms with Crippen LogP contribution >= 0.6 is 15.9 Å². The van der Waals surface area contributed by atoms with Gasteiger partial charge in [-0.05, 0) is 35.4 Å². The first-order valence-corrected chi connectivity index (χ1v) is 7.08. The van der Waals surface area contributed by atoms with E-state index in [0.29, 0.717) is 11.3 Å². The van der Waals surface area contributed by atoms with Crippen LogP contribution in [0.2, 0.25) is 0 Å². The zero-order valence-electron chi connectivity index (χ0n) is 11.6. The van der Waals surface area contributed by atoms with Gasteiger partial charge in [0.05, 0.1) is 0 Å². The van der Waals surface area contributed by atoms with Gasteiger partial charge in [0.25, 0.3) is 0 Å². The smallest absolute Gasteiger partial charge is 0.0222 e. The lowest BCUT2D eigenvalue weighted by atomic mass is 9.81. The summed E-state index contributed by atoms with van der Waals surface area (Å²) in [5.74, 6) is 0.691. The van der Waals surface area contributed by atoms with E-state index in [1.54, 1.807) is 0 Å². The molecular weight excluding hydrogens is 274 g/mol. The Morgan fingerprint density at radius 2 is 1.94 bits per heavy atom. The molecule has 0 heterocycles. The van der Waals surface area contributed by atoms with E-state index < -0.39 is 0 Å². The van der Waals surface area contributed by atoms with Crippen LogP contribution in [-0.4, -0.2) is 6.54 Å². The number of hydrogen-bond donors (Lipinski definition) is 1. The van der Waals surface area contributed by atoms with Crippen LogP contribution in [0.5, 0.6) is 0 Å². The summed E-state index contributed by atoms with van der Waals surface area (Å²) in [7, 11) is 0. The van der Waals surface area contributed by atoms with E-state index in [1.165, 1.54) is 15.6 Å². The summed E-state index contributed by atoms with van der Waals surface area (Å²) in [5.41, 5.74) is 2.97. The lowest BCUT2D eigenvalue weighted by Gasteiger charge is -2.29. The molecule has 1 aromatic carbocycles. The van der Waals surface area contributed by atoms with Crippen molar-refractivity contribution in [2.75, 3.05) is 6.54 Å². The first-order valence-electron chi connectivity index (χ1n) is 6.28. The molecule has 1 aromatic rings. The van der Waals surface area contributed by atoms with Crippen LogP contribution in [0.25, 0.3) is 0 Å². The Labute approximate surface area is 114 Å². The number of benzene rings is 1. The molecule has 1 rings (SSSR count). The highest BCUT2D eigenvalue weighted by molar-refractivity contribution is 9.10. The summed E-state index contributed by atoms with van der Waals surface area (Å²) in [4.78, 5) is 0. The second kappa shape index (κ2) is 6.01. The van der Waals surface area contributed by atoms with Gasteiger partial charge in [0.15, 0.2) is 0 Å². The molecule has 0 aliphatic carbocycles. The molecule has 0 radical (unpaired) electrons. The Morgan fingerprint density at radius 1 is 1.29 bits per heavy atom. The third-order valence-corrected chi connectivity index (χ3v) is 4.41. The third kappa shape index (κ3) is 4.44. The molecule has 0 fully saturated rings. The summed E-state index contributed by atoms with van der Waals surface area (Å²) in [6.07, 6.45) is 0. The van der Waals surface area contributed by atoms with E-state index in [-0.39, 0.29) is 0 Å². The van der Waals surface area contributed by atoms with Crippen molar-refractivity contribution in [1.82, 2.24) is 5.32 Å². The average Bonchev–Trinajstić information content (AvgIpc) is 2.21. The zero-order valence-corrected chi connectivity index (χ0v) is 13.2. The fourth-order valence-corrected chi connectivity index (χ4v) is 2.15.